The Kier molecular flexibility index (Phi) is 6.23. The molecule has 2 aromatic carbocycles. The first kappa shape index (κ1) is 18.6. The number of carbonyl (C=O) groups excluding carboxylic acids is 1. The highest BCUT2D eigenvalue weighted by Crippen LogP contribution is 2.31. The molecule has 2 N–H and O–H groups in total. The SMILES string of the molecule is CC(C)Oc1cccc(OC(C)C)c1C=CC(=O)c1ccc(N)cc1. The third-order valence-electron chi connectivity index (χ3n) is 3.35. The van der Waals surface area contributed by atoms with Crippen molar-refractivity contribution < 1.29 is 14.3 Å². The molecule has 0 unspecified atom stereocenters. The van der Waals surface area contributed by atoms with Gasteiger partial charge in [-0.25, -0.2) is 0 Å². The molecule has 132 valence electrons. The van der Waals surface area contributed by atoms with E-state index in [4.69, 9.17) is 15.2 Å². The van der Waals surface area contributed by atoms with Crippen molar-refractivity contribution in [3.05, 3.63) is 59.7 Å². The quantitative estimate of drug-likeness (QED) is 0.450. The van der Waals surface area contributed by atoms with Gasteiger partial charge in [0.15, 0.2) is 5.78 Å². The number of hydrogen-bond acceptors (Lipinski definition) is 4. The summed E-state index contributed by atoms with van der Waals surface area (Å²) in [6.07, 6.45) is 3.32. The normalized spacial score (nSPS) is 11.3. The van der Waals surface area contributed by atoms with Crippen LogP contribution in [-0.2, 0) is 0 Å². The molecule has 2 aromatic rings. The Morgan fingerprint density at radius 1 is 0.920 bits per heavy atom. The zero-order valence-corrected chi connectivity index (χ0v) is 15.2. The molecule has 0 heterocycles. The zero-order chi connectivity index (χ0) is 18.4. The topological polar surface area (TPSA) is 61.5 Å². The molecule has 0 spiro atoms. The Balaban J connectivity index is 2.34. The van der Waals surface area contributed by atoms with E-state index in [9.17, 15) is 4.79 Å². The van der Waals surface area contributed by atoms with Crippen LogP contribution in [0.5, 0.6) is 11.5 Å². The van der Waals surface area contributed by atoms with E-state index in [-0.39, 0.29) is 18.0 Å². The van der Waals surface area contributed by atoms with Crippen LogP contribution in [0.2, 0.25) is 0 Å². The van der Waals surface area contributed by atoms with Gasteiger partial charge in [-0.15, -0.1) is 0 Å². The van der Waals surface area contributed by atoms with Gasteiger partial charge in [0, 0.05) is 11.3 Å². The summed E-state index contributed by atoms with van der Waals surface area (Å²) in [6, 6.07) is 12.5. The molecule has 4 heteroatoms. The van der Waals surface area contributed by atoms with E-state index in [0.717, 1.165) is 5.56 Å². The van der Waals surface area contributed by atoms with Crippen LogP contribution in [0.4, 0.5) is 5.69 Å². The van der Waals surface area contributed by atoms with Gasteiger partial charge in [-0.2, -0.15) is 0 Å². The minimum Gasteiger partial charge on any atom is -0.490 e. The molecule has 0 radical (unpaired) electrons. The molecule has 2 rings (SSSR count). The minimum absolute atomic E-state index is 0.0225. The van der Waals surface area contributed by atoms with Crippen molar-refractivity contribution in [2.75, 3.05) is 5.73 Å². The van der Waals surface area contributed by atoms with Crippen molar-refractivity contribution in [1.82, 2.24) is 0 Å². The van der Waals surface area contributed by atoms with E-state index in [2.05, 4.69) is 0 Å². The Morgan fingerprint density at radius 3 is 1.92 bits per heavy atom. The first-order valence-electron chi connectivity index (χ1n) is 8.41. The second-order valence-electron chi connectivity index (χ2n) is 6.32. The van der Waals surface area contributed by atoms with Gasteiger partial charge in [0.1, 0.15) is 11.5 Å². The van der Waals surface area contributed by atoms with E-state index in [0.29, 0.717) is 22.7 Å². The molecule has 0 aromatic heterocycles. The molecule has 0 aliphatic heterocycles. The number of hydrogen-bond donors (Lipinski definition) is 1. The third kappa shape index (κ3) is 5.38. The Labute approximate surface area is 149 Å². The summed E-state index contributed by atoms with van der Waals surface area (Å²) in [4.78, 5) is 12.4. The molecular formula is C21H25NO3. The van der Waals surface area contributed by atoms with Gasteiger partial charge in [-0.3, -0.25) is 4.79 Å². The maximum absolute atomic E-state index is 12.4. The van der Waals surface area contributed by atoms with Crippen molar-refractivity contribution in [2.45, 2.75) is 39.9 Å². The van der Waals surface area contributed by atoms with Gasteiger partial charge >= 0.3 is 0 Å². The predicted octanol–water partition coefficient (Wildman–Crippen LogP) is 4.74. The van der Waals surface area contributed by atoms with Gasteiger partial charge in [0.2, 0.25) is 0 Å². The molecule has 0 bridgehead atoms. The van der Waals surface area contributed by atoms with Crippen LogP contribution in [0, 0.1) is 0 Å². The summed E-state index contributed by atoms with van der Waals surface area (Å²) < 4.78 is 11.7. The lowest BCUT2D eigenvalue weighted by Gasteiger charge is -2.17. The largest absolute Gasteiger partial charge is 0.490 e. The first-order chi connectivity index (χ1) is 11.9. The molecule has 0 saturated carbocycles. The maximum Gasteiger partial charge on any atom is 0.185 e. The Morgan fingerprint density at radius 2 is 1.44 bits per heavy atom. The van der Waals surface area contributed by atoms with Gasteiger partial charge in [-0.05, 0) is 76.2 Å². The fourth-order valence-electron chi connectivity index (χ4n) is 2.30. The second-order valence-corrected chi connectivity index (χ2v) is 6.32. The van der Waals surface area contributed by atoms with E-state index in [1.165, 1.54) is 6.08 Å². The fourth-order valence-corrected chi connectivity index (χ4v) is 2.30. The number of anilines is 1. The van der Waals surface area contributed by atoms with Crippen LogP contribution >= 0.6 is 0 Å². The van der Waals surface area contributed by atoms with Crippen LogP contribution in [0.1, 0.15) is 43.6 Å². The minimum atomic E-state index is -0.102. The molecule has 0 atom stereocenters. The first-order valence-corrected chi connectivity index (χ1v) is 8.41. The molecule has 0 saturated heterocycles. The number of allylic oxidation sites excluding steroid dienone is 1. The molecule has 0 fully saturated rings. The zero-order valence-electron chi connectivity index (χ0n) is 15.2. The van der Waals surface area contributed by atoms with Gasteiger partial charge < -0.3 is 15.2 Å². The second kappa shape index (κ2) is 8.38. The number of ketones is 1. The summed E-state index contributed by atoms with van der Waals surface area (Å²) in [7, 11) is 0. The average molecular weight is 339 g/mol. The molecule has 25 heavy (non-hydrogen) atoms. The van der Waals surface area contributed by atoms with Crippen molar-refractivity contribution in [2.24, 2.45) is 0 Å². The van der Waals surface area contributed by atoms with Gasteiger partial charge in [-0.1, -0.05) is 6.07 Å². The number of nitrogen functional groups attached to an aromatic ring is 1. The molecular weight excluding hydrogens is 314 g/mol. The Hall–Kier alpha value is -2.75. The van der Waals surface area contributed by atoms with E-state index in [1.54, 1.807) is 30.3 Å². The van der Waals surface area contributed by atoms with E-state index in [1.807, 2.05) is 45.9 Å². The van der Waals surface area contributed by atoms with Crippen LogP contribution in [-0.4, -0.2) is 18.0 Å². The standard InChI is InChI=1S/C21H25NO3/c1-14(2)24-20-6-5-7-21(25-15(3)4)18(20)12-13-19(23)16-8-10-17(22)11-9-16/h5-15H,22H2,1-4H3. The summed E-state index contributed by atoms with van der Waals surface area (Å²) in [5.41, 5.74) is 7.63. The maximum atomic E-state index is 12.4. The number of ether oxygens (including phenoxy) is 2. The Bertz CT molecular complexity index is 718. The highest BCUT2D eigenvalue weighted by atomic mass is 16.5. The van der Waals surface area contributed by atoms with E-state index < -0.39 is 0 Å². The van der Waals surface area contributed by atoms with Crippen LogP contribution in [0.15, 0.2) is 48.5 Å². The van der Waals surface area contributed by atoms with Gasteiger partial charge in [0.25, 0.3) is 0 Å². The summed E-state index contributed by atoms with van der Waals surface area (Å²) in [6.45, 7) is 7.85. The monoisotopic (exact) mass is 339 g/mol. The highest BCUT2D eigenvalue weighted by molar-refractivity contribution is 6.07. The third-order valence-corrected chi connectivity index (χ3v) is 3.35. The van der Waals surface area contributed by atoms with Crippen molar-refractivity contribution in [1.29, 1.82) is 0 Å². The molecule has 4 nitrogen and oxygen atoms in total. The van der Waals surface area contributed by atoms with Crippen LogP contribution in [0.25, 0.3) is 6.08 Å². The van der Waals surface area contributed by atoms with Crippen molar-refractivity contribution >= 4 is 17.5 Å². The number of nitrogens with two attached hydrogens (primary N) is 1. The number of carbonyl (C=O) groups is 1. The predicted molar refractivity (Wildman–Crippen MR) is 102 cm³/mol. The smallest absolute Gasteiger partial charge is 0.185 e. The lowest BCUT2D eigenvalue weighted by molar-refractivity contribution is 0.104. The van der Waals surface area contributed by atoms with Crippen molar-refractivity contribution in [3.63, 3.8) is 0 Å². The molecule has 0 aliphatic rings. The lowest BCUT2D eigenvalue weighted by atomic mass is 10.1. The van der Waals surface area contributed by atoms with Crippen molar-refractivity contribution in [3.8, 4) is 11.5 Å². The van der Waals surface area contributed by atoms with E-state index >= 15 is 0 Å². The molecule has 0 aliphatic carbocycles. The number of benzene rings is 2. The molecule has 0 amide bonds. The average Bonchev–Trinajstić information content (AvgIpc) is 2.53. The summed E-state index contributed by atoms with van der Waals surface area (Å²) in [5, 5.41) is 0. The summed E-state index contributed by atoms with van der Waals surface area (Å²) >= 11 is 0. The van der Waals surface area contributed by atoms with Crippen LogP contribution < -0.4 is 15.2 Å². The number of rotatable bonds is 7. The fraction of sp³-hybridized carbons (Fsp3) is 0.286. The highest BCUT2D eigenvalue weighted by Gasteiger charge is 2.12. The lowest BCUT2D eigenvalue weighted by Crippen LogP contribution is -2.10. The summed E-state index contributed by atoms with van der Waals surface area (Å²) in [5.74, 6) is 1.28. The van der Waals surface area contributed by atoms with Gasteiger partial charge in [0.05, 0.1) is 17.8 Å². The van der Waals surface area contributed by atoms with Crippen LogP contribution in [0.3, 0.4) is 0 Å².